The molecule has 0 aliphatic heterocycles. The predicted molar refractivity (Wildman–Crippen MR) is 124 cm³/mol. The lowest BCUT2D eigenvalue weighted by Crippen LogP contribution is -2.08. The standard InChI is InChI=1S/C26H28N2O3/c1-2-3-4-5-6-18-30-24-15-9-21(10-16-24)19-28-23-13-11-22(12-14-23)26(29)31-25-8-7-17-27-20-25/h7-17,19-20H,2-6,18H2,1H3. The summed E-state index contributed by atoms with van der Waals surface area (Å²) in [5.74, 6) is 0.868. The van der Waals surface area contributed by atoms with Gasteiger partial charge in [0.05, 0.1) is 24.1 Å². The molecular weight excluding hydrogens is 388 g/mol. The number of nitrogens with zero attached hydrogens (tertiary/aromatic N) is 2. The van der Waals surface area contributed by atoms with Gasteiger partial charge in [-0.2, -0.15) is 0 Å². The molecule has 0 aliphatic carbocycles. The molecule has 3 aromatic rings. The summed E-state index contributed by atoms with van der Waals surface area (Å²) >= 11 is 0. The van der Waals surface area contributed by atoms with Crippen molar-refractivity contribution < 1.29 is 14.3 Å². The Balaban J connectivity index is 1.47. The maximum absolute atomic E-state index is 12.2. The van der Waals surface area contributed by atoms with Crippen LogP contribution in [0.1, 0.15) is 54.9 Å². The second-order valence-corrected chi connectivity index (χ2v) is 7.22. The summed E-state index contributed by atoms with van der Waals surface area (Å²) in [4.78, 5) is 20.6. The summed E-state index contributed by atoms with van der Waals surface area (Å²) in [5.41, 5.74) is 2.19. The van der Waals surface area contributed by atoms with Crippen LogP contribution in [0.15, 0.2) is 78.0 Å². The van der Waals surface area contributed by atoms with E-state index < -0.39 is 5.97 Å². The summed E-state index contributed by atoms with van der Waals surface area (Å²) in [5, 5.41) is 0. The van der Waals surface area contributed by atoms with E-state index in [0.717, 1.165) is 30.0 Å². The van der Waals surface area contributed by atoms with Gasteiger partial charge in [0.1, 0.15) is 11.5 Å². The fourth-order valence-electron chi connectivity index (χ4n) is 2.95. The Morgan fingerprint density at radius 2 is 1.71 bits per heavy atom. The molecule has 0 bridgehead atoms. The highest BCUT2D eigenvalue weighted by Gasteiger charge is 2.08. The summed E-state index contributed by atoms with van der Waals surface area (Å²) in [6.07, 6.45) is 11.1. The Morgan fingerprint density at radius 3 is 2.42 bits per heavy atom. The maximum Gasteiger partial charge on any atom is 0.343 e. The first-order valence-corrected chi connectivity index (χ1v) is 10.7. The second kappa shape index (κ2) is 12.3. The second-order valence-electron chi connectivity index (χ2n) is 7.22. The lowest BCUT2D eigenvalue weighted by molar-refractivity contribution is 0.0734. The molecule has 0 amide bonds. The number of rotatable bonds is 11. The van der Waals surface area contributed by atoms with Gasteiger partial charge in [-0.25, -0.2) is 4.79 Å². The summed E-state index contributed by atoms with van der Waals surface area (Å²) in [6.45, 7) is 2.98. The highest BCUT2D eigenvalue weighted by atomic mass is 16.5. The van der Waals surface area contributed by atoms with Gasteiger partial charge in [-0.1, -0.05) is 32.6 Å². The molecule has 0 atom stereocenters. The molecule has 0 unspecified atom stereocenters. The van der Waals surface area contributed by atoms with Crippen LogP contribution < -0.4 is 9.47 Å². The van der Waals surface area contributed by atoms with Crippen molar-refractivity contribution in [1.29, 1.82) is 0 Å². The minimum absolute atomic E-state index is 0.415. The molecule has 1 aromatic heterocycles. The Labute approximate surface area is 183 Å². The SMILES string of the molecule is CCCCCCCOc1ccc(C=Nc2ccc(C(=O)Oc3cccnc3)cc2)cc1. The number of esters is 1. The van der Waals surface area contributed by atoms with Crippen LogP contribution in [-0.4, -0.2) is 23.8 Å². The lowest BCUT2D eigenvalue weighted by Gasteiger charge is -2.06. The number of hydrogen-bond acceptors (Lipinski definition) is 5. The molecule has 5 heteroatoms. The van der Waals surface area contributed by atoms with E-state index in [4.69, 9.17) is 9.47 Å². The van der Waals surface area contributed by atoms with Crippen LogP contribution >= 0.6 is 0 Å². The van der Waals surface area contributed by atoms with Gasteiger partial charge in [-0.15, -0.1) is 0 Å². The topological polar surface area (TPSA) is 60.8 Å². The minimum Gasteiger partial charge on any atom is -0.494 e. The van der Waals surface area contributed by atoms with Gasteiger partial charge in [0, 0.05) is 12.4 Å². The summed E-state index contributed by atoms with van der Waals surface area (Å²) < 4.78 is 11.1. The van der Waals surface area contributed by atoms with Gasteiger partial charge in [0.2, 0.25) is 0 Å². The Bertz CT molecular complexity index is 952. The van der Waals surface area contributed by atoms with Crippen molar-refractivity contribution >= 4 is 17.9 Å². The average molecular weight is 417 g/mol. The van der Waals surface area contributed by atoms with E-state index in [9.17, 15) is 4.79 Å². The maximum atomic E-state index is 12.2. The van der Waals surface area contributed by atoms with E-state index in [1.54, 1.807) is 48.8 Å². The average Bonchev–Trinajstić information content (AvgIpc) is 2.82. The molecule has 3 rings (SSSR count). The number of pyridine rings is 1. The summed E-state index contributed by atoms with van der Waals surface area (Å²) in [6, 6.07) is 18.3. The Kier molecular flexibility index (Phi) is 8.80. The lowest BCUT2D eigenvalue weighted by atomic mass is 10.2. The molecule has 0 saturated heterocycles. The first-order chi connectivity index (χ1) is 15.2. The largest absolute Gasteiger partial charge is 0.494 e. The van der Waals surface area contributed by atoms with Crippen molar-refractivity contribution in [2.45, 2.75) is 39.0 Å². The molecule has 0 fully saturated rings. The van der Waals surface area contributed by atoms with Gasteiger partial charge in [0.15, 0.2) is 0 Å². The number of unbranched alkanes of at least 4 members (excludes halogenated alkanes) is 4. The quantitative estimate of drug-likeness (QED) is 0.206. The third-order valence-corrected chi connectivity index (χ3v) is 4.71. The molecule has 0 N–H and O–H groups in total. The van der Waals surface area contributed by atoms with Crippen LogP contribution in [0.4, 0.5) is 5.69 Å². The fraction of sp³-hybridized carbons (Fsp3) is 0.269. The first-order valence-electron chi connectivity index (χ1n) is 10.7. The normalized spacial score (nSPS) is 10.9. The zero-order valence-corrected chi connectivity index (χ0v) is 17.9. The molecule has 2 aromatic carbocycles. The van der Waals surface area contributed by atoms with Crippen LogP contribution in [-0.2, 0) is 0 Å². The first kappa shape index (κ1) is 22.2. The van der Waals surface area contributed by atoms with E-state index in [-0.39, 0.29) is 0 Å². The number of ether oxygens (including phenoxy) is 2. The molecule has 31 heavy (non-hydrogen) atoms. The number of carbonyl (C=O) groups is 1. The van der Waals surface area contributed by atoms with Crippen LogP contribution in [0, 0.1) is 0 Å². The van der Waals surface area contributed by atoms with E-state index >= 15 is 0 Å². The van der Waals surface area contributed by atoms with E-state index in [2.05, 4.69) is 16.9 Å². The van der Waals surface area contributed by atoms with E-state index in [1.807, 2.05) is 24.3 Å². The van der Waals surface area contributed by atoms with Gasteiger partial charge < -0.3 is 9.47 Å². The molecule has 0 aliphatic rings. The highest BCUT2D eigenvalue weighted by Crippen LogP contribution is 2.17. The Hall–Kier alpha value is -3.47. The number of benzene rings is 2. The third kappa shape index (κ3) is 7.70. The third-order valence-electron chi connectivity index (χ3n) is 4.71. The number of carbonyl (C=O) groups excluding carboxylic acids is 1. The fourth-order valence-corrected chi connectivity index (χ4v) is 2.95. The van der Waals surface area contributed by atoms with Crippen molar-refractivity contribution in [2.75, 3.05) is 6.61 Å². The molecular formula is C26H28N2O3. The zero-order chi connectivity index (χ0) is 21.7. The molecule has 1 heterocycles. The number of aromatic nitrogens is 1. The molecule has 160 valence electrons. The van der Waals surface area contributed by atoms with Crippen molar-refractivity contribution in [3.8, 4) is 11.5 Å². The van der Waals surface area contributed by atoms with Gasteiger partial charge in [0.25, 0.3) is 0 Å². The minimum atomic E-state index is -0.426. The zero-order valence-electron chi connectivity index (χ0n) is 17.9. The Morgan fingerprint density at radius 1 is 0.935 bits per heavy atom. The predicted octanol–water partition coefficient (Wildman–Crippen LogP) is 6.40. The molecule has 0 radical (unpaired) electrons. The number of hydrogen-bond donors (Lipinski definition) is 0. The van der Waals surface area contributed by atoms with Crippen LogP contribution in [0.25, 0.3) is 0 Å². The molecule has 0 spiro atoms. The van der Waals surface area contributed by atoms with Crippen molar-refractivity contribution in [3.05, 3.63) is 84.2 Å². The van der Waals surface area contributed by atoms with Crippen molar-refractivity contribution in [1.82, 2.24) is 4.98 Å². The van der Waals surface area contributed by atoms with Crippen LogP contribution in [0.5, 0.6) is 11.5 Å². The van der Waals surface area contributed by atoms with Gasteiger partial charge in [-0.05, 0) is 72.6 Å². The van der Waals surface area contributed by atoms with E-state index in [0.29, 0.717) is 11.3 Å². The van der Waals surface area contributed by atoms with Crippen LogP contribution in [0.3, 0.4) is 0 Å². The smallest absolute Gasteiger partial charge is 0.343 e. The van der Waals surface area contributed by atoms with E-state index in [1.165, 1.54) is 31.9 Å². The van der Waals surface area contributed by atoms with Crippen LogP contribution in [0.2, 0.25) is 0 Å². The van der Waals surface area contributed by atoms with Crippen molar-refractivity contribution in [3.63, 3.8) is 0 Å². The number of aliphatic imine (C=N–C) groups is 1. The van der Waals surface area contributed by atoms with Crippen molar-refractivity contribution in [2.24, 2.45) is 4.99 Å². The monoisotopic (exact) mass is 416 g/mol. The van der Waals surface area contributed by atoms with Gasteiger partial charge >= 0.3 is 5.97 Å². The van der Waals surface area contributed by atoms with Gasteiger partial charge in [-0.3, -0.25) is 9.98 Å². The summed E-state index contributed by atoms with van der Waals surface area (Å²) in [7, 11) is 0. The highest BCUT2D eigenvalue weighted by molar-refractivity contribution is 5.91. The molecule has 5 nitrogen and oxygen atoms in total. The molecule has 0 saturated carbocycles.